The third-order valence-corrected chi connectivity index (χ3v) is 5.79. The number of carbonyl (C=O) groups excluding carboxylic acids is 1. The summed E-state index contributed by atoms with van der Waals surface area (Å²) in [6, 6.07) is 2.41. The summed E-state index contributed by atoms with van der Waals surface area (Å²) in [4.78, 5) is 34.0. The molecule has 0 atom stereocenters. The van der Waals surface area contributed by atoms with E-state index < -0.39 is 23.2 Å². The first-order chi connectivity index (χ1) is 16.5. The summed E-state index contributed by atoms with van der Waals surface area (Å²) in [5, 5.41) is 10.1. The zero-order valence-corrected chi connectivity index (χ0v) is 20.5. The highest BCUT2D eigenvalue weighted by Crippen LogP contribution is 2.28. The van der Waals surface area contributed by atoms with E-state index in [0.717, 1.165) is 6.07 Å². The Labute approximate surface area is 203 Å². The molecule has 4 aromatic rings. The highest BCUT2D eigenvalue weighted by Gasteiger charge is 2.19. The quantitative estimate of drug-likeness (QED) is 0.314. The summed E-state index contributed by atoms with van der Waals surface area (Å²) < 4.78 is 32.2. The van der Waals surface area contributed by atoms with Crippen LogP contribution in [0.5, 0.6) is 0 Å². The number of thioether (sulfide) groups is 1. The molecule has 0 aliphatic heterocycles. The number of urea groups is 1. The highest BCUT2D eigenvalue weighted by atomic mass is 32.2. The largest absolute Gasteiger partial charge is 0.323 e. The molecule has 2 amide bonds. The Kier molecular flexibility index (Phi) is 6.32. The fraction of sp³-hybridized carbons (Fsp3) is 0.261. The van der Waals surface area contributed by atoms with Gasteiger partial charge >= 0.3 is 6.03 Å². The molecule has 0 aliphatic rings. The lowest BCUT2D eigenvalue weighted by atomic mass is 10.0. The second-order valence-corrected chi connectivity index (χ2v) is 9.57. The second kappa shape index (κ2) is 9.10. The molecule has 0 saturated heterocycles. The Morgan fingerprint density at radius 1 is 1.06 bits per heavy atom. The summed E-state index contributed by atoms with van der Waals surface area (Å²) in [5.41, 5.74) is -0.520. The van der Waals surface area contributed by atoms with Crippen molar-refractivity contribution in [2.24, 2.45) is 7.05 Å². The molecular formula is C23H23F2N7O2S. The molecule has 2 N–H and O–H groups in total. The van der Waals surface area contributed by atoms with Crippen LogP contribution in [0.15, 0.2) is 46.7 Å². The van der Waals surface area contributed by atoms with Gasteiger partial charge in [0.1, 0.15) is 17.3 Å². The van der Waals surface area contributed by atoms with Gasteiger partial charge < -0.3 is 10.6 Å². The van der Waals surface area contributed by atoms with Crippen molar-refractivity contribution in [3.63, 3.8) is 0 Å². The van der Waals surface area contributed by atoms with Crippen molar-refractivity contribution in [2.75, 3.05) is 16.9 Å². The number of hydrogen-bond acceptors (Lipinski definition) is 6. The van der Waals surface area contributed by atoms with E-state index in [1.165, 1.54) is 41.8 Å². The summed E-state index contributed by atoms with van der Waals surface area (Å²) >= 11 is 1.32. The Morgan fingerprint density at radius 3 is 2.46 bits per heavy atom. The van der Waals surface area contributed by atoms with Gasteiger partial charge in [0, 0.05) is 36.5 Å². The molecule has 4 rings (SSSR count). The van der Waals surface area contributed by atoms with Gasteiger partial charge in [0.05, 0.1) is 28.7 Å². The number of amides is 2. The van der Waals surface area contributed by atoms with E-state index in [9.17, 15) is 18.4 Å². The summed E-state index contributed by atoms with van der Waals surface area (Å²) in [6.07, 6.45) is 6.43. The molecule has 9 nitrogen and oxygen atoms in total. The van der Waals surface area contributed by atoms with Crippen molar-refractivity contribution in [3.05, 3.63) is 58.8 Å². The number of benzene rings is 1. The van der Waals surface area contributed by atoms with E-state index in [1.807, 2.05) is 27.0 Å². The van der Waals surface area contributed by atoms with Gasteiger partial charge in [0.25, 0.3) is 5.56 Å². The van der Waals surface area contributed by atoms with E-state index in [0.29, 0.717) is 27.9 Å². The summed E-state index contributed by atoms with van der Waals surface area (Å²) in [5.74, 6) is -1.93. The molecule has 0 saturated carbocycles. The van der Waals surface area contributed by atoms with Gasteiger partial charge in [-0.25, -0.2) is 23.5 Å². The topological polar surface area (TPSA) is 107 Å². The molecule has 12 heteroatoms. The molecule has 0 bridgehead atoms. The molecule has 0 fully saturated rings. The van der Waals surface area contributed by atoms with Crippen LogP contribution in [0, 0.1) is 11.6 Å². The number of fused-ring (bicyclic) bond motifs is 1. The van der Waals surface area contributed by atoms with Crippen LogP contribution in [0.2, 0.25) is 0 Å². The van der Waals surface area contributed by atoms with E-state index >= 15 is 0 Å². The number of rotatable bonds is 4. The number of halogens is 2. The monoisotopic (exact) mass is 499 g/mol. The van der Waals surface area contributed by atoms with Crippen molar-refractivity contribution in [3.8, 4) is 11.1 Å². The highest BCUT2D eigenvalue weighted by molar-refractivity contribution is 7.98. The van der Waals surface area contributed by atoms with Gasteiger partial charge in [-0.3, -0.25) is 14.0 Å². The number of aryl methyl sites for hydroxylation is 1. The van der Waals surface area contributed by atoms with Crippen LogP contribution in [0.1, 0.15) is 20.8 Å². The number of anilines is 2. The molecule has 182 valence electrons. The van der Waals surface area contributed by atoms with Gasteiger partial charge in [0.15, 0.2) is 5.16 Å². The maximum Gasteiger partial charge on any atom is 0.323 e. The smallest absolute Gasteiger partial charge is 0.305 e. The van der Waals surface area contributed by atoms with Gasteiger partial charge in [-0.05, 0) is 39.2 Å². The molecule has 35 heavy (non-hydrogen) atoms. The number of aromatic nitrogens is 5. The molecular weight excluding hydrogens is 476 g/mol. The zero-order chi connectivity index (χ0) is 25.5. The van der Waals surface area contributed by atoms with Crippen LogP contribution in [0.4, 0.5) is 25.0 Å². The second-order valence-electron chi connectivity index (χ2n) is 8.79. The standard InChI is InChI=1S/C23H23F2N7O2S/c1-23(2,3)32-11-13(10-27-32)28-21(34)29-18-7-14(16(24)8-17(18)25)15-6-12-9-26-22(35-5)30-19(12)31(4)20(15)33/h6-11H,1-5H3,(H2,28,29,34). The predicted molar refractivity (Wildman–Crippen MR) is 132 cm³/mol. The van der Waals surface area contributed by atoms with E-state index in [-0.39, 0.29) is 22.4 Å². The molecule has 0 unspecified atom stereocenters. The molecule has 3 aromatic heterocycles. The molecule has 0 spiro atoms. The van der Waals surface area contributed by atoms with Crippen molar-refractivity contribution in [2.45, 2.75) is 31.5 Å². The zero-order valence-electron chi connectivity index (χ0n) is 19.7. The normalized spacial score (nSPS) is 11.6. The minimum absolute atomic E-state index is 0.0205. The van der Waals surface area contributed by atoms with Gasteiger partial charge in [-0.2, -0.15) is 5.10 Å². The minimum atomic E-state index is -0.989. The average molecular weight is 500 g/mol. The van der Waals surface area contributed by atoms with Crippen molar-refractivity contribution < 1.29 is 13.6 Å². The van der Waals surface area contributed by atoms with Gasteiger partial charge in [-0.15, -0.1) is 0 Å². The summed E-state index contributed by atoms with van der Waals surface area (Å²) in [6.45, 7) is 5.85. The number of nitrogens with zero attached hydrogens (tertiary/aromatic N) is 5. The first-order valence-corrected chi connectivity index (χ1v) is 11.7. The van der Waals surface area contributed by atoms with Crippen LogP contribution >= 0.6 is 11.8 Å². The van der Waals surface area contributed by atoms with Crippen LogP contribution < -0.4 is 16.2 Å². The van der Waals surface area contributed by atoms with Crippen molar-refractivity contribution in [1.82, 2.24) is 24.3 Å². The predicted octanol–water partition coefficient (Wildman–Crippen LogP) is 4.59. The fourth-order valence-electron chi connectivity index (χ4n) is 3.41. The first kappa shape index (κ1) is 24.3. The average Bonchev–Trinajstić information content (AvgIpc) is 3.27. The SMILES string of the molecule is CSc1ncc2cc(-c3cc(NC(=O)Nc4cnn(C(C)(C)C)c4)c(F)cc3F)c(=O)n(C)c2n1. The molecule has 1 aromatic carbocycles. The molecule has 3 heterocycles. The van der Waals surface area contributed by atoms with Crippen molar-refractivity contribution >= 4 is 40.2 Å². The maximum atomic E-state index is 14.8. The van der Waals surface area contributed by atoms with Crippen LogP contribution in [0.3, 0.4) is 0 Å². The van der Waals surface area contributed by atoms with E-state index in [1.54, 1.807) is 10.9 Å². The lowest BCUT2D eigenvalue weighted by Gasteiger charge is -2.18. The van der Waals surface area contributed by atoms with Gasteiger partial charge in [-0.1, -0.05) is 11.8 Å². The lowest BCUT2D eigenvalue weighted by molar-refractivity contribution is 0.262. The molecule has 0 radical (unpaired) electrons. The van der Waals surface area contributed by atoms with Crippen LogP contribution in [-0.2, 0) is 12.6 Å². The number of nitrogens with one attached hydrogen (secondary N) is 2. The number of carbonyl (C=O) groups is 1. The van der Waals surface area contributed by atoms with E-state index in [4.69, 9.17) is 0 Å². The first-order valence-electron chi connectivity index (χ1n) is 10.5. The van der Waals surface area contributed by atoms with Crippen LogP contribution in [0.25, 0.3) is 22.2 Å². The maximum absolute atomic E-state index is 14.8. The Hall–Kier alpha value is -3.80. The molecule has 0 aliphatic carbocycles. The Morgan fingerprint density at radius 2 is 1.80 bits per heavy atom. The summed E-state index contributed by atoms with van der Waals surface area (Å²) in [7, 11) is 1.51. The lowest BCUT2D eigenvalue weighted by Crippen LogP contribution is -2.23. The minimum Gasteiger partial charge on any atom is -0.305 e. The Bertz CT molecular complexity index is 1510. The van der Waals surface area contributed by atoms with E-state index in [2.05, 4.69) is 25.7 Å². The van der Waals surface area contributed by atoms with Crippen LogP contribution in [-0.4, -0.2) is 36.6 Å². The number of hydrogen-bond donors (Lipinski definition) is 2. The third-order valence-electron chi connectivity index (χ3n) is 5.23. The van der Waals surface area contributed by atoms with Gasteiger partial charge in [0.2, 0.25) is 0 Å². The fourth-order valence-corrected chi connectivity index (χ4v) is 3.75. The Balaban J connectivity index is 1.67. The van der Waals surface area contributed by atoms with Crippen molar-refractivity contribution in [1.29, 1.82) is 0 Å². The number of pyridine rings is 1. The third kappa shape index (κ3) is 4.87.